The van der Waals surface area contributed by atoms with E-state index >= 15 is 0 Å². The number of fused-ring (bicyclic) bond motifs is 2. The molecule has 4 aromatic rings. The van der Waals surface area contributed by atoms with Crippen molar-refractivity contribution in [2.45, 2.75) is 19.3 Å². The average Bonchev–Trinajstić information content (AvgIpc) is 2.82. The molecule has 0 amide bonds. The van der Waals surface area contributed by atoms with Gasteiger partial charge >= 0.3 is 71.1 Å². The third kappa shape index (κ3) is 7.25. The molecular weight excluding hydrogens is 506 g/mol. The Kier molecular flexibility index (Phi) is 11.4. The summed E-state index contributed by atoms with van der Waals surface area (Å²) in [7, 11) is 0. The van der Waals surface area contributed by atoms with Crippen LogP contribution in [0.3, 0.4) is 0 Å². The van der Waals surface area contributed by atoms with Gasteiger partial charge in [0.2, 0.25) is 11.5 Å². The van der Waals surface area contributed by atoms with Crippen molar-refractivity contribution in [1.82, 2.24) is 0 Å². The average molecular weight is 528 g/mol. The van der Waals surface area contributed by atoms with Crippen LogP contribution >= 0.6 is 0 Å². The molecule has 37 heavy (non-hydrogen) atoms. The number of benzene rings is 2. The van der Waals surface area contributed by atoms with Gasteiger partial charge in [-0.05, 0) is 43.5 Å². The quantitative estimate of drug-likeness (QED) is 0.232. The molecule has 0 aliphatic heterocycles. The fourth-order valence-electron chi connectivity index (χ4n) is 3.55. The zero-order valence-corrected chi connectivity index (χ0v) is 18.3. The topological polar surface area (TPSA) is 153 Å². The van der Waals surface area contributed by atoms with E-state index in [1.165, 1.54) is 12.1 Å². The molecule has 0 bridgehead atoms. The third-order valence-corrected chi connectivity index (χ3v) is 5.16. The molecule has 2 N–H and O–H groups in total. The molecule has 0 fully saturated rings. The molecular formula is C25H22Na2O10. The number of carboxylic acids is 2. The first kappa shape index (κ1) is 30.6. The molecule has 2 aromatic heterocycles. The van der Waals surface area contributed by atoms with Crippen molar-refractivity contribution in [1.29, 1.82) is 0 Å². The fourth-order valence-corrected chi connectivity index (χ4v) is 3.55. The molecule has 0 saturated heterocycles. The molecule has 0 aliphatic carbocycles. The molecule has 2 aromatic carbocycles. The molecule has 0 spiro atoms. The van der Waals surface area contributed by atoms with E-state index in [0.29, 0.717) is 37.6 Å². The monoisotopic (exact) mass is 528 g/mol. The Bertz CT molecular complexity index is 1430. The van der Waals surface area contributed by atoms with Gasteiger partial charge in [-0.3, -0.25) is 9.59 Å². The minimum absolute atomic E-state index is 0. The number of aromatic carboxylic acids is 2. The van der Waals surface area contributed by atoms with E-state index in [1.54, 1.807) is 24.3 Å². The summed E-state index contributed by atoms with van der Waals surface area (Å²) in [6.07, 6.45) is 2.03. The second-order valence-corrected chi connectivity index (χ2v) is 7.58. The molecule has 0 aliphatic rings. The van der Waals surface area contributed by atoms with Crippen molar-refractivity contribution in [2.75, 3.05) is 13.2 Å². The van der Waals surface area contributed by atoms with Gasteiger partial charge in [0.1, 0.15) is 33.4 Å². The maximum absolute atomic E-state index is 12.3. The number of carbonyl (C=O) groups is 2. The van der Waals surface area contributed by atoms with Crippen LogP contribution in [0.25, 0.3) is 21.9 Å². The first-order valence-electron chi connectivity index (χ1n) is 10.7. The van der Waals surface area contributed by atoms with Crippen LogP contribution in [-0.2, 0) is 0 Å². The summed E-state index contributed by atoms with van der Waals surface area (Å²) in [5, 5.41) is 18.4. The Morgan fingerprint density at radius 1 is 0.676 bits per heavy atom. The van der Waals surface area contributed by atoms with Crippen LogP contribution in [0.5, 0.6) is 11.5 Å². The van der Waals surface area contributed by atoms with Crippen LogP contribution in [0.1, 0.15) is 40.4 Å². The van der Waals surface area contributed by atoms with Gasteiger partial charge in [0, 0.05) is 12.1 Å². The van der Waals surface area contributed by atoms with Gasteiger partial charge in [0.15, 0.2) is 10.9 Å². The summed E-state index contributed by atoms with van der Waals surface area (Å²) < 4.78 is 21.9. The van der Waals surface area contributed by atoms with Crippen molar-refractivity contribution in [3.05, 3.63) is 80.5 Å². The van der Waals surface area contributed by atoms with E-state index in [1.807, 2.05) is 0 Å². The van der Waals surface area contributed by atoms with Crippen LogP contribution in [0, 0.1) is 0 Å². The molecule has 4 rings (SSSR count). The molecule has 12 heteroatoms. The summed E-state index contributed by atoms with van der Waals surface area (Å²) in [5.41, 5.74) is -0.725. The third-order valence-electron chi connectivity index (χ3n) is 5.16. The van der Waals surface area contributed by atoms with Crippen molar-refractivity contribution < 1.29 is 38.1 Å². The maximum atomic E-state index is 12.3. The summed E-state index contributed by atoms with van der Waals surface area (Å²) in [4.78, 5) is 46.8. The van der Waals surface area contributed by atoms with Crippen LogP contribution in [0.4, 0.5) is 0 Å². The van der Waals surface area contributed by atoms with Gasteiger partial charge in [-0.25, -0.2) is 9.59 Å². The van der Waals surface area contributed by atoms with Gasteiger partial charge in [-0.15, -0.1) is 0 Å². The zero-order valence-electron chi connectivity index (χ0n) is 18.3. The van der Waals surface area contributed by atoms with E-state index in [9.17, 15) is 19.2 Å². The van der Waals surface area contributed by atoms with Crippen LogP contribution in [0.2, 0.25) is 0 Å². The molecule has 0 saturated carbocycles. The van der Waals surface area contributed by atoms with Gasteiger partial charge in [-0.1, -0.05) is 12.1 Å². The Balaban J connectivity index is 0.00000241. The predicted molar refractivity (Wildman–Crippen MR) is 138 cm³/mol. The molecule has 10 nitrogen and oxygen atoms in total. The van der Waals surface area contributed by atoms with Crippen molar-refractivity contribution in [2.24, 2.45) is 0 Å². The molecule has 2 heterocycles. The summed E-state index contributed by atoms with van der Waals surface area (Å²) in [6, 6.07) is 11.3. The number of unbranched alkanes of at least 4 members (excludes halogenated alkanes) is 2. The second-order valence-electron chi connectivity index (χ2n) is 7.58. The van der Waals surface area contributed by atoms with Crippen molar-refractivity contribution in [3.63, 3.8) is 0 Å². The first-order valence-corrected chi connectivity index (χ1v) is 10.7. The number of ether oxygens (including phenoxy) is 2. The Labute approximate surface area is 253 Å². The van der Waals surface area contributed by atoms with Gasteiger partial charge in [-0.2, -0.15) is 0 Å². The van der Waals surface area contributed by atoms with E-state index in [4.69, 9.17) is 28.5 Å². The Morgan fingerprint density at radius 2 is 1.08 bits per heavy atom. The predicted octanol–water partition coefficient (Wildman–Crippen LogP) is 2.63. The summed E-state index contributed by atoms with van der Waals surface area (Å²) in [6.45, 7) is 0.629. The van der Waals surface area contributed by atoms with Gasteiger partial charge in [0.05, 0.1) is 13.2 Å². The number of hydrogen-bond acceptors (Lipinski definition) is 8. The summed E-state index contributed by atoms with van der Waals surface area (Å²) in [5.74, 6) is -2.91. The molecule has 184 valence electrons. The Morgan fingerprint density at radius 3 is 1.46 bits per heavy atom. The molecule has 0 unspecified atom stereocenters. The molecule has 0 radical (unpaired) electrons. The van der Waals surface area contributed by atoms with E-state index in [-0.39, 0.29) is 81.1 Å². The van der Waals surface area contributed by atoms with E-state index in [2.05, 4.69) is 0 Å². The van der Waals surface area contributed by atoms with Crippen LogP contribution < -0.4 is 20.3 Å². The van der Waals surface area contributed by atoms with Gasteiger partial charge < -0.3 is 28.5 Å². The van der Waals surface area contributed by atoms with E-state index < -0.39 is 34.3 Å². The molecule has 0 atom stereocenters. The standard InChI is InChI=1S/C25H20O10.2Na.2H/c26-14-12-20(24(28)29)34-18-8-4-6-16(22(14)18)32-10-2-1-3-11-33-17-7-5-9-19-23(17)15(27)13-21(35-19)25(30)31;;;;/h4-9,12-13H,1-3,10-11H2,(H,28,29)(H,30,31);;;;. The number of carboxylic acid groups (broad SMARTS) is 2. The van der Waals surface area contributed by atoms with E-state index in [0.717, 1.165) is 18.6 Å². The number of hydrogen-bond donors (Lipinski definition) is 2. The SMILES string of the molecule is O=C(O)c1cc(=O)c2c(OCCCCCOc3cccc4oc(C(=O)O)cc(=O)c34)cccc2o1.[NaH].[NaH]. The Hall–Kier alpha value is -2.60. The van der Waals surface area contributed by atoms with Crippen molar-refractivity contribution in [3.8, 4) is 11.5 Å². The van der Waals surface area contributed by atoms with Gasteiger partial charge in [0.25, 0.3) is 0 Å². The fraction of sp³-hybridized carbons (Fsp3) is 0.200. The number of rotatable bonds is 10. The van der Waals surface area contributed by atoms with Crippen molar-refractivity contribution >= 4 is 93.0 Å². The first-order chi connectivity index (χ1) is 16.8. The van der Waals surface area contributed by atoms with Crippen LogP contribution in [0.15, 0.2) is 67.0 Å². The minimum atomic E-state index is -1.33. The second kappa shape index (κ2) is 13.8. The van der Waals surface area contributed by atoms with Crippen LogP contribution in [-0.4, -0.2) is 94.5 Å². The zero-order chi connectivity index (χ0) is 24.9. The normalized spacial score (nSPS) is 10.4. The summed E-state index contributed by atoms with van der Waals surface area (Å²) >= 11 is 0.